The van der Waals surface area contributed by atoms with Crippen LogP contribution in [-0.4, -0.2) is 64.8 Å². The van der Waals surface area contributed by atoms with E-state index in [9.17, 15) is 9.59 Å². The second kappa shape index (κ2) is 11.4. The lowest BCUT2D eigenvalue weighted by atomic mass is 10.2. The molecule has 29 heavy (non-hydrogen) atoms. The largest absolute Gasteiger partial charge is 0.461 e. The second-order valence-electron chi connectivity index (χ2n) is 6.77. The van der Waals surface area contributed by atoms with Crippen molar-refractivity contribution in [3.05, 3.63) is 59.7 Å². The zero-order valence-electron chi connectivity index (χ0n) is 17.4. The lowest BCUT2D eigenvalue weighted by molar-refractivity contribution is 0.0525. The number of nitrogens with zero attached hydrogens (tertiary/aromatic N) is 2. The Morgan fingerprint density at radius 2 is 1.03 bits per heavy atom. The lowest BCUT2D eigenvalue weighted by Gasteiger charge is -2.12. The minimum atomic E-state index is -0.330. The van der Waals surface area contributed by atoms with Crippen molar-refractivity contribution in [3.8, 4) is 0 Å². The Labute approximate surface area is 176 Å². The van der Waals surface area contributed by atoms with Crippen LogP contribution in [0, 0.1) is 0 Å². The molecule has 0 radical (unpaired) electrons. The second-order valence-corrected chi connectivity index (χ2v) is 7.99. The summed E-state index contributed by atoms with van der Waals surface area (Å²) in [6.07, 6.45) is 0. The average Bonchev–Trinajstić information content (AvgIpc) is 2.72. The van der Waals surface area contributed by atoms with Crippen molar-refractivity contribution in [2.75, 3.05) is 62.7 Å². The van der Waals surface area contributed by atoms with E-state index in [0.717, 1.165) is 11.4 Å². The molecule has 2 aromatic carbocycles. The van der Waals surface area contributed by atoms with E-state index in [4.69, 9.17) is 9.47 Å². The quantitative estimate of drug-likeness (QED) is 0.433. The van der Waals surface area contributed by atoms with Crippen molar-refractivity contribution in [1.82, 2.24) is 0 Å². The molecule has 7 heteroatoms. The molecule has 0 saturated carbocycles. The smallest absolute Gasteiger partial charge is 0.338 e. The van der Waals surface area contributed by atoms with Gasteiger partial charge in [-0.15, -0.1) is 0 Å². The standard InChI is InChI=1S/C22H28N2O4S/c1-23(2)19-9-5-17(6-10-19)21(25)27-13-15-29-16-14-28-22(26)18-7-11-20(12-8-18)24(3)4/h5-12H,13-16H2,1-4H3. The summed E-state index contributed by atoms with van der Waals surface area (Å²) < 4.78 is 10.5. The van der Waals surface area contributed by atoms with Gasteiger partial charge in [-0.1, -0.05) is 0 Å². The van der Waals surface area contributed by atoms with Gasteiger partial charge in [0.2, 0.25) is 0 Å². The number of anilines is 2. The van der Waals surface area contributed by atoms with Crippen molar-refractivity contribution in [2.45, 2.75) is 0 Å². The fraction of sp³-hybridized carbons (Fsp3) is 0.364. The number of esters is 2. The first-order valence-corrected chi connectivity index (χ1v) is 10.5. The highest BCUT2D eigenvalue weighted by atomic mass is 32.2. The molecule has 0 amide bonds. The van der Waals surface area contributed by atoms with Crippen molar-refractivity contribution in [1.29, 1.82) is 0 Å². The van der Waals surface area contributed by atoms with Gasteiger partial charge < -0.3 is 19.3 Å². The highest BCUT2D eigenvalue weighted by Gasteiger charge is 2.09. The summed E-state index contributed by atoms with van der Waals surface area (Å²) >= 11 is 1.57. The fourth-order valence-corrected chi connectivity index (χ4v) is 3.05. The number of carbonyl (C=O) groups excluding carboxylic acids is 2. The van der Waals surface area contributed by atoms with E-state index < -0.39 is 0 Å². The van der Waals surface area contributed by atoms with Crippen LogP contribution >= 0.6 is 11.8 Å². The molecule has 0 unspecified atom stereocenters. The molecule has 0 fully saturated rings. The molecule has 6 nitrogen and oxygen atoms in total. The van der Waals surface area contributed by atoms with Gasteiger partial charge in [-0.2, -0.15) is 11.8 Å². The Morgan fingerprint density at radius 3 is 1.34 bits per heavy atom. The molecule has 0 aromatic heterocycles. The number of thioether (sulfide) groups is 1. The number of hydrogen-bond donors (Lipinski definition) is 0. The molecule has 0 aliphatic heterocycles. The molecule has 156 valence electrons. The van der Waals surface area contributed by atoms with Crippen molar-refractivity contribution in [2.24, 2.45) is 0 Å². The first-order valence-electron chi connectivity index (χ1n) is 9.35. The van der Waals surface area contributed by atoms with Gasteiger partial charge in [0, 0.05) is 51.1 Å². The highest BCUT2D eigenvalue weighted by molar-refractivity contribution is 7.99. The summed E-state index contributed by atoms with van der Waals surface area (Å²) in [6, 6.07) is 14.6. The molecule has 0 spiro atoms. The van der Waals surface area contributed by atoms with E-state index in [1.54, 1.807) is 36.0 Å². The van der Waals surface area contributed by atoms with Gasteiger partial charge in [-0.05, 0) is 48.5 Å². The third-order valence-electron chi connectivity index (χ3n) is 4.16. The number of ether oxygens (including phenoxy) is 2. The van der Waals surface area contributed by atoms with Gasteiger partial charge >= 0.3 is 11.9 Å². The molecule has 0 N–H and O–H groups in total. The molecule has 0 bridgehead atoms. The molecule has 0 aliphatic carbocycles. The molecule has 2 aromatic rings. The van der Waals surface area contributed by atoms with E-state index in [1.165, 1.54) is 0 Å². The number of rotatable bonds is 10. The van der Waals surface area contributed by atoms with Gasteiger partial charge in [0.1, 0.15) is 13.2 Å². The Kier molecular flexibility index (Phi) is 8.86. The van der Waals surface area contributed by atoms with Crippen LogP contribution in [0.1, 0.15) is 20.7 Å². The third kappa shape index (κ3) is 7.34. The van der Waals surface area contributed by atoms with Crippen LogP contribution in [0.15, 0.2) is 48.5 Å². The normalized spacial score (nSPS) is 10.3. The maximum absolute atomic E-state index is 12.0. The lowest BCUT2D eigenvalue weighted by Crippen LogP contribution is -2.12. The first-order chi connectivity index (χ1) is 13.9. The summed E-state index contributed by atoms with van der Waals surface area (Å²) in [6.45, 7) is 0.637. The van der Waals surface area contributed by atoms with Crippen LogP contribution in [-0.2, 0) is 9.47 Å². The summed E-state index contributed by atoms with van der Waals surface area (Å²) in [7, 11) is 7.79. The maximum atomic E-state index is 12.0. The van der Waals surface area contributed by atoms with E-state index in [0.29, 0.717) is 35.8 Å². The molecular weight excluding hydrogens is 388 g/mol. The molecule has 0 heterocycles. The van der Waals surface area contributed by atoms with Crippen LogP contribution in [0.3, 0.4) is 0 Å². The van der Waals surface area contributed by atoms with Crippen LogP contribution in [0.5, 0.6) is 0 Å². The monoisotopic (exact) mass is 416 g/mol. The van der Waals surface area contributed by atoms with Crippen LogP contribution in [0.4, 0.5) is 11.4 Å². The number of hydrogen-bond acceptors (Lipinski definition) is 7. The first kappa shape index (κ1) is 22.6. The molecule has 0 atom stereocenters. The number of carbonyl (C=O) groups is 2. The molecule has 2 rings (SSSR count). The highest BCUT2D eigenvalue weighted by Crippen LogP contribution is 2.14. The van der Waals surface area contributed by atoms with Gasteiger partial charge in [0.25, 0.3) is 0 Å². The van der Waals surface area contributed by atoms with E-state index in [-0.39, 0.29) is 11.9 Å². The Hall–Kier alpha value is -2.67. The minimum absolute atomic E-state index is 0.318. The zero-order valence-corrected chi connectivity index (χ0v) is 18.2. The Morgan fingerprint density at radius 1 is 0.690 bits per heavy atom. The van der Waals surface area contributed by atoms with Crippen molar-refractivity contribution < 1.29 is 19.1 Å². The van der Waals surface area contributed by atoms with E-state index >= 15 is 0 Å². The average molecular weight is 417 g/mol. The molecular formula is C22H28N2O4S. The van der Waals surface area contributed by atoms with Crippen LogP contribution in [0.2, 0.25) is 0 Å². The van der Waals surface area contributed by atoms with Crippen LogP contribution in [0.25, 0.3) is 0 Å². The SMILES string of the molecule is CN(C)c1ccc(C(=O)OCCSCCOC(=O)c2ccc(N(C)C)cc2)cc1. The summed E-state index contributed by atoms with van der Waals surface area (Å²) in [4.78, 5) is 28.0. The zero-order chi connectivity index (χ0) is 21.2. The Bertz CT molecular complexity index is 722. The predicted octanol–water partition coefficient (Wildman–Crippen LogP) is 3.57. The van der Waals surface area contributed by atoms with Crippen molar-refractivity contribution >= 4 is 35.1 Å². The Balaban J connectivity index is 1.59. The molecule has 0 saturated heterocycles. The topological polar surface area (TPSA) is 59.1 Å². The predicted molar refractivity (Wildman–Crippen MR) is 119 cm³/mol. The fourth-order valence-electron chi connectivity index (χ4n) is 2.45. The van der Waals surface area contributed by atoms with E-state index in [1.807, 2.05) is 62.3 Å². The van der Waals surface area contributed by atoms with E-state index in [2.05, 4.69) is 0 Å². The van der Waals surface area contributed by atoms with Gasteiger partial charge in [0.05, 0.1) is 11.1 Å². The minimum Gasteiger partial charge on any atom is -0.461 e. The van der Waals surface area contributed by atoms with Gasteiger partial charge in [0.15, 0.2) is 0 Å². The van der Waals surface area contributed by atoms with Gasteiger partial charge in [-0.3, -0.25) is 0 Å². The van der Waals surface area contributed by atoms with Crippen LogP contribution < -0.4 is 9.80 Å². The molecule has 0 aliphatic rings. The number of benzene rings is 2. The summed E-state index contributed by atoms with van der Waals surface area (Å²) in [5.74, 6) is 0.639. The van der Waals surface area contributed by atoms with Crippen molar-refractivity contribution in [3.63, 3.8) is 0 Å². The summed E-state index contributed by atoms with van der Waals surface area (Å²) in [5, 5.41) is 0. The van der Waals surface area contributed by atoms with Gasteiger partial charge in [-0.25, -0.2) is 9.59 Å². The third-order valence-corrected chi connectivity index (χ3v) is 5.07. The summed E-state index contributed by atoms with van der Waals surface area (Å²) in [5.41, 5.74) is 3.13. The maximum Gasteiger partial charge on any atom is 0.338 e.